The molecule has 1 amide bonds. The number of rotatable bonds is 6. The molecule has 2 aromatic carbocycles. The molecule has 0 spiro atoms. The molecule has 5 nitrogen and oxygen atoms in total. The van der Waals surface area contributed by atoms with E-state index in [1.165, 1.54) is 18.2 Å². The fourth-order valence-electron chi connectivity index (χ4n) is 1.74. The van der Waals surface area contributed by atoms with E-state index in [2.05, 4.69) is 5.32 Å². The number of benzene rings is 2. The van der Waals surface area contributed by atoms with Gasteiger partial charge in [-0.05, 0) is 49.4 Å². The summed E-state index contributed by atoms with van der Waals surface area (Å²) in [4.78, 5) is 11.8. The van der Waals surface area contributed by atoms with E-state index < -0.39 is 5.91 Å². The third kappa shape index (κ3) is 4.56. The van der Waals surface area contributed by atoms with Crippen LogP contribution in [0.1, 0.15) is 6.92 Å². The Hall–Kier alpha value is -2.40. The summed E-state index contributed by atoms with van der Waals surface area (Å²) in [5.74, 6) is 0.835. The van der Waals surface area contributed by atoms with Gasteiger partial charge in [-0.25, -0.2) is 0 Å². The predicted octanol–water partition coefficient (Wildman–Crippen LogP) is 3.46. The van der Waals surface area contributed by atoms with Gasteiger partial charge in [0.2, 0.25) is 0 Å². The van der Waals surface area contributed by atoms with Crippen molar-refractivity contribution in [2.45, 2.75) is 6.92 Å². The van der Waals surface area contributed by atoms with E-state index in [9.17, 15) is 9.90 Å². The maximum Gasteiger partial charge on any atom is 0.262 e. The molecule has 0 aliphatic carbocycles. The van der Waals surface area contributed by atoms with Crippen LogP contribution in [-0.2, 0) is 4.79 Å². The van der Waals surface area contributed by atoms with Crippen LogP contribution in [0.5, 0.6) is 17.2 Å². The fraction of sp³-hybridized carbons (Fsp3) is 0.188. The van der Waals surface area contributed by atoms with Crippen molar-refractivity contribution < 1.29 is 19.4 Å². The highest BCUT2D eigenvalue weighted by Gasteiger charge is 2.08. The quantitative estimate of drug-likeness (QED) is 0.799. The SMILES string of the molecule is CCOc1ccc(OCC(=O)Nc2cc(Cl)ccc2O)cc1. The average Bonchev–Trinajstić information content (AvgIpc) is 2.51. The van der Waals surface area contributed by atoms with E-state index in [0.717, 1.165) is 5.75 Å². The maximum absolute atomic E-state index is 11.8. The minimum absolute atomic E-state index is 0.0567. The summed E-state index contributed by atoms with van der Waals surface area (Å²) in [7, 11) is 0. The van der Waals surface area contributed by atoms with Gasteiger partial charge in [-0.1, -0.05) is 11.6 Å². The molecule has 0 aliphatic rings. The first-order valence-electron chi connectivity index (χ1n) is 6.72. The Morgan fingerprint density at radius 2 is 1.77 bits per heavy atom. The van der Waals surface area contributed by atoms with E-state index >= 15 is 0 Å². The molecule has 0 saturated heterocycles. The number of nitrogens with one attached hydrogen (secondary N) is 1. The van der Waals surface area contributed by atoms with E-state index in [-0.39, 0.29) is 18.0 Å². The van der Waals surface area contributed by atoms with Crippen LogP contribution in [0.4, 0.5) is 5.69 Å². The van der Waals surface area contributed by atoms with E-state index in [1.54, 1.807) is 24.3 Å². The van der Waals surface area contributed by atoms with E-state index in [1.807, 2.05) is 6.92 Å². The van der Waals surface area contributed by atoms with Crippen molar-refractivity contribution >= 4 is 23.2 Å². The number of halogens is 1. The highest BCUT2D eigenvalue weighted by Crippen LogP contribution is 2.26. The molecule has 0 bridgehead atoms. The average molecular weight is 322 g/mol. The van der Waals surface area contributed by atoms with Crippen LogP contribution >= 0.6 is 11.6 Å². The number of phenols is 1. The van der Waals surface area contributed by atoms with Gasteiger partial charge >= 0.3 is 0 Å². The normalized spacial score (nSPS) is 10.1. The molecule has 2 aromatic rings. The minimum Gasteiger partial charge on any atom is -0.506 e. The second-order valence-electron chi connectivity index (χ2n) is 4.40. The molecule has 116 valence electrons. The highest BCUT2D eigenvalue weighted by atomic mass is 35.5. The van der Waals surface area contributed by atoms with Gasteiger partial charge in [0.1, 0.15) is 17.2 Å². The first kappa shape index (κ1) is 16.0. The number of ether oxygens (including phenoxy) is 2. The van der Waals surface area contributed by atoms with Crippen molar-refractivity contribution in [3.63, 3.8) is 0 Å². The summed E-state index contributed by atoms with van der Waals surface area (Å²) >= 11 is 5.81. The summed E-state index contributed by atoms with van der Waals surface area (Å²) in [5.41, 5.74) is 0.243. The number of aromatic hydroxyl groups is 1. The number of anilines is 1. The molecule has 0 heterocycles. The first-order valence-corrected chi connectivity index (χ1v) is 7.10. The van der Waals surface area contributed by atoms with Gasteiger partial charge in [-0.2, -0.15) is 0 Å². The molecular formula is C16H16ClNO4. The first-order chi connectivity index (χ1) is 10.6. The summed E-state index contributed by atoms with van der Waals surface area (Å²) in [6.45, 7) is 2.31. The maximum atomic E-state index is 11.8. The third-order valence-corrected chi connectivity index (χ3v) is 2.97. The largest absolute Gasteiger partial charge is 0.506 e. The molecule has 2 N–H and O–H groups in total. The zero-order valence-corrected chi connectivity index (χ0v) is 12.8. The Bertz CT molecular complexity index is 643. The monoisotopic (exact) mass is 321 g/mol. The highest BCUT2D eigenvalue weighted by molar-refractivity contribution is 6.31. The van der Waals surface area contributed by atoms with Crippen LogP contribution in [0.25, 0.3) is 0 Å². The number of amides is 1. The molecule has 0 fully saturated rings. The Balaban J connectivity index is 1.88. The van der Waals surface area contributed by atoms with Crippen molar-refractivity contribution in [3.05, 3.63) is 47.5 Å². The van der Waals surface area contributed by atoms with Gasteiger partial charge < -0.3 is 19.9 Å². The molecule has 0 aromatic heterocycles. The van der Waals surface area contributed by atoms with Crippen molar-refractivity contribution in [3.8, 4) is 17.2 Å². The number of carbonyl (C=O) groups excluding carboxylic acids is 1. The molecule has 6 heteroatoms. The lowest BCUT2D eigenvalue weighted by atomic mass is 10.3. The standard InChI is InChI=1S/C16H16ClNO4/c1-2-21-12-4-6-13(7-5-12)22-10-16(20)18-14-9-11(17)3-8-15(14)19/h3-9,19H,2,10H2,1H3,(H,18,20). The number of carbonyl (C=O) groups is 1. The van der Waals surface area contributed by atoms with Crippen LogP contribution in [0.3, 0.4) is 0 Å². The molecular weight excluding hydrogens is 306 g/mol. The Morgan fingerprint density at radius 1 is 1.14 bits per heavy atom. The summed E-state index contributed by atoms with van der Waals surface area (Å²) in [6.07, 6.45) is 0. The smallest absolute Gasteiger partial charge is 0.262 e. The molecule has 0 unspecified atom stereocenters. The van der Waals surface area contributed by atoms with Crippen LogP contribution in [0, 0.1) is 0 Å². The summed E-state index contributed by atoms with van der Waals surface area (Å²) in [6, 6.07) is 11.4. The van der Waals surface area contributed by atoms with Gasteiger partial charge in [-0.3, -0.25) is 4.79 Å². The van der Waals surface area contributed by atoms with Crippen LogP contribution in [-0.4, -0.2) is 24.2 Å². The number of hydrogen-bond donors (Lipinski definition) is 2. The van der Waals surface area contributed by atoms with Gasteiger partial charge in [-0.15, -0.1) is 0 Å². The van der Waals surface area contributed by atoms with E-state index in [4.69, 9.17) is 21.1 Å². The van der Waals surface area contributed by atoms with Crippen LogP contribution < -0.4 is 14.8 Å². The van der Waals surface area contributed by atoms with Crippen LogP contribution in [0.2, 0.25) is 5.02 Å². The van der Waals surface area contributed by atoms with Crippen molar-refractivity contribution in [2.24, 2.45) is 0 Å². The fourth-order valence-corrected chi connectivity index (χ4v) is 1.91. The lowest BCUT2D eigenvalue weighted by Gasteiger charge is -2.09. The third-order valence-electron chi connectivity index (χ3n) is 2.74. The zero-order valence-electron chi connectivity index (χ0n) is 12.0. The summed E-state index contributed by atoms with van der Waals surface area (Å²) < 4.78 is 10.7. The van der Waals surface area contributed by atoms with Crippen molar-refractivity contribution in [1.29, 1.82) is 0 Å². The number of phenolic OH excluding ortho intramolecular Hbond substituents is 1. The topological polar surface area (TPSA) is 67.8 Å². The molecule has 22 heavy (non-hydrogen) atoms. The minimum atomic E-state index is -0.397. The van der Waals surface area contributed by atoms with Crippen molar-refractivity contribution in [2.75, 3.05) is 18.5 Å². The van der Waals surface area contributed by atoms with Crippen LogP contribution in [0.15, 0.2) is 42.5 Å². The Labute approximate surface area is 133 Å². The van der Waals surface area contributed by atoms with Crippen molar-refractivity contribution in [1.82, 2.24) is 0 Å². The Morgan fingerprint density at radius 3 is 2.41 bits per heavy atom. The summed E-state index contributed by atoms with van der Waals surface area (Å²) in [5, 5.41) is 12.6. The van der Waals surface area contributed by atoms with Gasteiger partial charge in [0.15, 0.2) is 6.61 Å². The second-order valence-corrected chi connectivity index (χ2v) is 4.84. The molecule has 2 rings (SSSR count). The molecule has 0 saturated carbocycles. The Kier molecular flexibility index (Phi) is 5.49. The zero-order chi connectivity index (χ0) is 15.9. The predicted molar refractivity (Wildman–Crippen MR) is 84.9 cm³/mol. The second kappa shape index (κ2) is 7.56. The number of hydrogen-bond acceptors (Lipinski definition) is 4. The lowest BCUT2D eigenvalue weighted by molar-refractivity contribution is -0.118. The molecule has 0 radical (unpaired) electrons. The van der Waals surface area contributed by atoms with Gasteiger partial charge in [0, 0.05) is 5.02 Å². The van der Waals surface area contributed by atoms with Gasteiger partial charge in [0.05, 0.1) is 12.3 Å². The van der Waals surface area contributed by atoms with E-state index in [0.29, 0.717) is 17.4 Å². The van der Waals surface area contributed by atoms with Gasteiger partial charge in [0.25, 0.3) is 5.91 Å². The molecule has 0 aliphatic heterocycles. The lowest BCUT2D eigenvalue weighted by Crippen LogP contribution is -2.20. The molecule has 0 atom stereocenters.